The summed E-state index contributed by atoms with van der Waals surface area (Å²) in [5.41, 5.74) is 4.79. The van der Waals surface area contributed by atoms with Crippen LogP contribution in [0.15, 0.2) is 24.3 Å². The van der Waals surface area contributed by atoms with Gasteiger partial charge in [0.25, 0.3) is 0 Å². The molecule has 0 spiro atoms. The number of aryl methyl sites for hydroxylation is 3. The number of piperazine rings is 1. The van der Waals surface area contributed by atoms with Gasteiger partial charge in [-0.05, 0) is 37.9 Å². The van der Waals surface area contributed by atoms with Crippen molar-refractivity contribution in [2.75, 3.05) is 43.4 Å². The van der Waals surface area contributed by atoms with E-state index >= 15 is 0 Å². The van der Waals surface area contributed by atoms with Crippen LogP contribution in [-0.4, -0.2) is 48.1 Å². The van der Waals surface area contributed by atoms with Crippen LogP contribution < -0.4 is 10.2 Å². The van der Waals surface area contributed by atoms with Crippen LogP contribution in [0.25, 0.3) is 0 Å². The van der Waals surface area contributed by atoms with Gasteiger partial charge < -0.3 is 15.1 Å². The molecule has 1 aliphatic heterocycles. The molecule has 1 aliphatic rings. The SMILES string of the molecule is CCc1cccc(CC)c1Nc1nc(C)cc(N2CCN(C)CC2)n1. The molecule has 5 heteroatoms. The van der Waals surface area contributed by atoms with Gasteiger partial charge in [0.1, 0.15) is 5.82 Å². The highest BCUT2D eigenvalue weighted by atomic mass is 15.3. The smallest absolute Gasteiger partial charge is 0.229 e. The minimum absolute atomic E-state index is 0.699. The summed E-state index contributed by atoms with van der Waals surface area (Å²) in [4.78, 5) is 14.2. The van der Waals surface area contributed by atoms with Crippen LogP contribution in [0.1, 0.15) is 30.7 Å². The molecule has 0 radical (unpaired) electrons. The van der Waals surface area contributed by atoms with Gasteiger partial charge in [-0.25, -0.2) is 4.98 Å². The third-order valence-corrected chi connectivity index (χ3v) is 4.90. The molecule has 0 aliphatic carbocycles. The molecule has 1 aromatic heterocycles. The van der Waals surface area contributed by atoms with E-state index in [2.05, 4.69) is 65.3 Å². The summed E-state index contributed by atoms with van der Waals surface area (Å²) in [6.07, 6.45) is 1.99. The molecule has 1 fully saturated rings. The van der Waals surface area contributed by atoms with Crippen LogP contribution in [0.5, 0.6) is 0 Å². The maximum Gasteiger partial charge on any atom is 0.229 e. The van der Waals surface area contributed by atoms with Crippen molar-refractivity contribution >= 4 is 17.5 Å². The lowest BCUT2D eigenvalue weighted by atomic mass is 10.0. The highest BCUT2D eigenvalue weighted by Crippen LogP contribution is 2.26. The molecule has 134 valence electrons. The molecule has 1 saturated heterocycles. The molecule has 1 N–H and O–H groups in total. The van der Waals surface area contributed by atoms with Crippen LogP contribution in [0.2, 0.25) is 0 Å². The van der Waals surface area contributed by atoms with E-state index in [4.69, 9.17) is 4.98 Å². The molecule has 5 nitrogen and oxygen atoms in total. The number of nitrogens with zero attached hydrogens (tertiary/aromatic N) is 4. The van der Waals surface area contributed by atoms with Crippen LogP contribution in [0.4, 0.5) is 17.5 Å². The zero-order valence-corrected chi connectivity index (χ0v) is 15.8. The van der Waals surface area contributed by atoms with Crippen LogP contribution in [-0.2, 0) is 12.8 Å². The second kappa shape index (κ2) is 7.83. The average molecular weight is 339 g/mol. The Kier molecular flexibility index (Phi) is 5.53. The molecule has 0 atom stereocenters. The predicted octanol–water partition coefficient (Wildman–Crippen LogP) is 3.41. The van der Waals surface area contributed by atoms with E-state index in [9.17, 15) is 0 Å². The fourth-order valence-corrected chi connectivity index (χ4v) is 3.32. The van der Waals surface area contributed by atoms with Gasteiger partial charge in [0, 0.05) is 43.6 Å². The lowest BCUT2D eigenvalue weighted by Crippen LogP contribution is -2.44. The Balaban J connectivity index is 1.89. The number of para-hydroxylation sites is 1. The number of aromatic nitrogens is 2. The van der Waals surface area contributed by atoms with Gasteiger partial charge in [-0.15, -0.1) is 0 Å². The number of nitrogens with one attached hydrogen (secondary N) is 1. The number of hydrogen-bond donors (Lipinski definition) is 1. The van der Waals surface area contributed by atoms with Gasteiger partial charge in [0.2, 0.25) is 5.95 Å². The Morgan fingerprint density at radius 1 is 1.00 bits per heavy atom. The van der Waals surface area contributed by atoms with Crippen molar-refractivity contribution in [3.05, 3.63) is 41.1 Å². The summed E-state index contributed by atoms with van der Waals surface area (Å²) < 4.78 is 0. The molecule has 0 saturated carbocycles. The maximum atomic E-state index is 4.81. The molecule has 25 heavy (non-hydrogen) atoms. The first kappa shape index (κ1) is 17.7. The normalized spacial score (nSPS) is 15.4. The fraction of sp³-hybridized carbons (Fsp3) is 0.500. The second-order valence-corrected chi connectivity index (χ2v) is 6.76. The summed E-state index contributed by atoms with van der Waals surface area (Å²) in [5, 5.41) is 3.51. The average Bonchev–Trinajstić information content (AvgIpc) is 2.62. The summed E-state index contributed by atoms with van der Waals surface area (Å²) in [5.74, 6) is 1.72. The first-order valence-electron chi connectivity index (χ1n) is 9.27. The quantitative estimate of drug-likeness (QED) is 0.904. The number of anilines is 3. The van der Waals surface area contributed by atoms with Crippen LogP contribution in [0.3, 0.4) is 0 Å². The lowest BCUT2D eigenvalue weighted by Gasteiger charge is -2.33. The highest BCUT2D eigenvalue weighted by Gasteiger charge is 2.17. The molecular weight excluding hydrogens is 310 g/mol. The summed E-state index contributed by atoms with van der Waals surface area (Å²) in [7, 11) is 2.17. The Hall–Kier alpha value is -2.14. The monoisotopic (exact) mass is 339 g/mol. The molecule has 2 heterocycles. The van der Waals surface area contributed by atoms with E-state index < -0.39 is 0 Å². The summed E-state index contributed by atoms with van der Waals surface area (Å²) >= 11 is 0. The van der Waals surface area contributed by atoms with Gasteiger partial charge in [0.15, 0.2) is 0 Å². The number of likely N-dealkylation sites (N-methyl/N-ethyl adjacent to an activating group) is 1. The number of benzene rings is 1. The maximum absolute atomic E-state index is 4.81. The van der Waals surface area contributed by atoms with Gasteiger partial charge in [0.05, 0.1) is 0 Å². The van der Waals surface area contributed by atoms with Crippen molar-refractivity contribution in [2.24, 2.45) is 0 Å². The molecule has 0 unspecified atom stereocenters. The van der Waals surface area contributed by atoms with Crippen molar-refractivity contribution in [2.45, 2.75) is 33.6 Å². The first-order chi connectivity index (χ1) is 12.1. The molecule has 0 amide bonds. The minimum atomic E-state index is 0.699. The molecule has 2 aromatic rings. The van der Waals surface area contributed by atoms with E-state index in [0.717, 1.165) is 50.5 Å². The molecule has 3 rings (SSSR count). The van der Waals surface area contributed by atoms with Crippen molar-refractivity contribution in [3.8, 4) is 0 Å². The molecular formula is C20H29N5. The Labute approximate surface area is 151 Å². The minimum Gasteiger partial charge on any atom is -0.354 e. The van der Waals surface area contributed by atoms with E-state index in [0.29, 0.717) is 5.95 Å². The van der Waals surface area contributed by atoms with E-state index in [1.807, 2.05) is 6.92 Å². The standard InChI is InChI=1S/C20H29N5/c1-5-16-8-7-9-17(6-2)19(16)23-20-21-15(3)14-18(22-20)25-12-10-24(4)11-13-25/h7-9,14H,5-6,10-13H2,1-4H3,(H,21,22,23). The lowest BCUT2D eigenvalue weighted by molar-refractivity contribution is 0.312. The third kappa shape index (κ3) is 4.10. The largest absolute Gasteiger partial charge is 0.354 e. The summed E-state index contributed by atoms with van der Waals surface area (Å²) in [6, 6.07) is 8.58. The zero-order valence-electron chi connectivity index (χ0n) is 15.8. The Bertz CT molecular complexity index is 698. The highest BCUT2D eigenvalue weighted by molar-refractivity contribution is 5.64. The van der Waals surface area contributed by atoms with Crippen LogP contribution in [0, 0.1) is 6.92 Å². The van der Waals surface area contributed by atoms with Crippen LogP contribution >= 0.6 is 0 Å². The predicted molar refractivity (Wildman–Crippen MR) is 105 cm³/mol. The van der Waals surface area contributed by atoms with Gasteiger partial charge >= 0.3 is 0 Å². The summed E-state index contributed by atoms with van der Waals surface area (Å²) in [6.45, 7) is 10.6. The molecule has 1 aromatic carbocycles. The number of rotatable bonds is 5. The third-order valence-electron chi connectivity index (χ3n) is 4.90. The van der Waals surface area contributed by atoms with Gasteiger partial charge in [-0.3, -0.25) is 0 Å². The van der Waals surface area contributed by atoms with Gasteiger partial charge in [-0.1, -0.05) is 32.0 Å². The van der Waals surface area contributed by atoms with Crippen molar-refractivity contribution in [1.82, 2.24) is 14.9 Å². The number of hydrogen-bond acceptors (Lipinski definition) is 5. The van der Waals surface area contributed by atoms with Gasteiger partial charge in [-0.2, -0.15) is 4.98 Å². The molecule has 0 bridgehead atoms. The fourth-order valence-electron chi connectivity index (χ4n) is 3.32. The van der Waals surface area contributed by atoms with E-state index in [1.54, 1.807) is 0 Å². The Morgan fingerprint density at radius 2 is 1.64 bits per heavy atom. The second-order valence-electron chi connectivity index (χ2n) is 6.76. The van der Waals surface area contributed by atoms with Crippen molar-refractivity contribution in [3.63, 3.8) is 0 Å². The van der Waals surface area contributed by atoms with E-state index in [1.165, 1.54) is 16.8 Å². The topological polar surface area (TPSA) is 44.3 Å². The first-order valence-corrected chi connectivity index (χ1v) is 9.27. The van der Waals surface area contributed by atoms with Crippen molar-refractivity contribution in [1.29, 1.82) is 0 Å². The van der Waals surface area contributed by atoms with E-state index in [-0.39, 0.29) is 0 Å². The zero-order chi connectivity index (χ0) is 17.8. The van der Waals surface area contributed by atoms with Crippen molar-refractivity contribution < 1.29 is 0 Å². The Morgan fingerprint density at radius 3 is 2.24 bits per heavy atom.